The average molecular weight is 235 g/mol. The van der Waals surface area contributed by atoms with Gasteiger partial charge in [0.05, 0.1) is 0 Å². The molecular weight excluding hydrogens is 213 g/mol. The van der Waals surface area contributed by atoms with E-state index in [9.17, 15) is 4.39 Å². The van der Waals surface area contributed by atoms with Crippen molar-refractivity contribution in [3.8, 4) is 0 Å². The monoisotopic (exact) mass is 235 g/mol. The molecule has 0 aliphatic carbocycles. The van der Waals surface area contributed by atoms with Gasteiger partial charge in [0.15, 0.2) is 0 Å². The summed E-state index contributed by atoms with van der Waals surface area (Å²) in [6, 6.07) is 7.85. The number of hydrogen-bond donors (Lipinski definition) is 1. The van der Waals surface area contributed by atoms with Crippen molar-refractivity contribution in [3.63, 3.8) is 0 Å². The zero-order valence-electron chi connectivity index (χ0n) is 10.8. The largest absolute Gasteiger partial charge is 0.317 e. The lowest BCUT2D eigenvalue weighted by atomic mass is 9.83. The maximum Gasteiger partial charge on any atom is 0.133 e. The molecule has 2 heteroatoms. The number of aryl methyl sites for hydroxylation is 1. The lowest BCUT2D eigenvalue weighted by Gasteiger charge is -2.29. The Labute approximate surface area is 103 Å². The van der Waals surface area contributed by atoms with Crippen molar-refractivity contribution in [1.82, 2.24) is 5.32 Å². The van der Waals surface area contributed by atoms with E-state index < -0.39 is 5.67 Å². The molecule has 0 amide bonds. The first-order chi connectivity index (χ1) is 8.08. The molecule has 1 nitrogen and oxygen atoms in total. The summed E-state index contributed by atoms with van der Waals surface area (Å²) in [5.74, 6) is 0.520. The van der Waals surface area contributed by atoms with Gasteiger partial charge in [-0.05, 0) is 57.7 Å². The molecule has 2 rings (SSSR count). The van der Waals surface area contributed by atoms with Crippen molar-refractivity contribution in [2.45, 2.75) is 38.8 Å². The van der Waals surface area contributed by atoms with Crippen LogP contribution in [0.1, 0.15) is 37.3 Å². The number of piperidine rings is 1. The Kier molecular flexibility index (Phi) is 3.82. The second-order valence-corrected chi connectivity index (χ2v) is 5.46. The third-order valence-corrected chi connectivity index (χ3v) is 3.75. The van der Waals surface area contributed by atoms with Crippen LogP contribution in [0, 0.1) is 12.8 Å². The molecule has 1 fully saturated rings. The van der Waals surface area contributed by atoms with Gasteiger partial charge in [-0.1, -0.05) is 29.8 Å². The van der Waals surface area contributed by atoms with E-state index in [1.54, 1.807) is 6.92 Å². The summed E-state index contributed by atoms with van der Waals surface area (Å²) in [6.45, 7) is 5.82. The number of rotatable bonds is 3. The Morgan fingerprint density at radius 2 is 2.06 bits per heavy atom. The van der Waals surface area contributed by atoms with Crippen LogP contribution in [0.4, 0.5) is 4.39 Å². The molecule has 0 aromatic heterocycles. The first-order valence-electron chi connectivity index (χ1n) is 6.55. The Bertz CT molecular complexity index is 367. The van der Waals surface area contributed by atoms with Gasteiger partial charge in [0.2, 0.25) is 0 Å². The molecular formula is C15H22FN. The molecule has 0 saturated carbocycles. The molecule has 1 unspecified atom stereocenters. The van der Waals surface area contributed by atoms with Crippen LogP contribution in [0.2, 0.25) is 0 Å². The predicted octanol–water partition coefficient (Wildman–Crippen LogP) is 3.57. The Morgan fingerprint density at radius 3 is 2.71 bits per heavy atom. The highest BCUT2D eigenvalue weighted by Gasteiger charge is 2.30. The van der Waals surface area contributed by atoms with Gasteiger partial charge in [-0.15, -0.1) is 0 Å². The van der Waals surface area contributed by atoms with E-state index in [1.165, 1.54) is 0 Å². The van der Waals surface area contributed by atoms with Crippen molar-refractivity contribution in [3.05, 3.63) is 35.4 Å². The number of hydrogen-bond acceptors (Lipinski definition) is 1. The van der Waals surface area contributed by atoms with Crippen LogP contribution in [0.15, 0.2) is 24.3 Å². The minimum atomic E-state index is -1.19. The van der Waals surface area contributed by atoms with Gasteiger partial charge < -0.3 is 5.32 Å². The molecule has 1 aliphatic rings. The van der Waals surface area contributed by atoms with E-state index in [0.717, 1.165) is 37.1 Å². The van der Waals surface area contributed by atoms with E-state index in [0.29, 0.717) is 12.3 Å². The molecule has 94 valence electrons. The second-order valence-electron chi connectivity index (χ2n) is 5.46. The van der Waals surface area contributed by atoms with Crippen LogP contribution in [-0.2, 0) is 5.67 Å². The summed E-state index contributed by atoms with van der Waals surface area (Å²) < 4.78 is 14.8. The second kappa shape index (κ2) is 5.18. The van der Waals surface area contributed by atoms with Crippen molar-refractivity contribution in [2.24, 2.45) is 5.92 Å². The Balaban J connectivity index is 2.06. The van der Waals surface area contributed by atoms with Crippen molar-refractivity contribution in [1.29, 1.82) is 0 Å². The minimum Gasteiger partial charge on any atom is -0.317 e. The van der Waals surface area contributed by atoms with Crippen LogP contribution >= 0.6 is 0 Å². The topological polar surface area (TPSA) is 12.0 Å². The summed E-state index contributed by atoms with van der Waals surface area (Å²) in [5, 5.41) is 3.33. The molecule has 1 aliphatic heterocycles. The van der Waals surface area contributed by atoms with Crippen LogP contribution in [0.3, 0.4) is 0 Å². The van der Waals surface area contributed by atoms with Crippen LogP contribution in [-0.4, -0.2) is 13.1 Å². The summed E-state index contributed by atoms with van der Waals surface area (Å²) in [5.41, 5.74) is 0.779. The predicted molar refractivity (Wildman–Crippen MR) is 69.8 cm³/mol. The van der Waals surface area contributed by atoms with Crippen LogP contribution in [0.5, 0.6) is 0 Å². The molecule has 17 heavy (non-hydrogen) atoms. The van der Waals surface area contributed by atoms with E-state index in [1.807, 2.05) is 31.2 Å². The van der Waals surface area contributed by atoms with Gasteiger partial charge in [0.1, 0.15) is 5.67 Å². The smallest absolute Gasteiger partial charge is 0.133 e. The molecule has 1 N–H and O–H groups in total. The van der Waals surface area contributed by atoms with E-state index >= 15 is 0 Å². The maximum absolute atomic E-state index is 14.8. The van der Waals surface area contributed by atoms with Gasteiger partial charge in [-0.3, -0.25) is 0 Å². The average Bonchev–Trinajstić information content (AvgIpc) is 2.30. The van der Waals surface area contributed by atoms with Gasteiger partial charge in [0, 0.05) is 0 Å². The lowest BCUT2D eigenvalue weighted by Crippen LogP contribution is -2.31. The summed E-state index contributed by atoms with van der Waals surface area (Å²) in [4.78, 5) is 0. The fraction of sp³-hybridized carbons (Fsp3) is 0.600. The van der Waals surface area contributed by atoms with Crippen LogP contribution in [0.25, 0.3) is 0 Å². The highest BCUT2D eigenvalue weighted by molar-refractivity contribution is 5.27. The minimum absolute atomic E-state index is 0.520. The fourth-order valence-corrected chi connectivity index (χ4v) is 2.72. The first kappa shape index (κ1) is 12.6. The Morgan fingerprint density at radius 1 is 1.35 bits per heavy atom. The molecule has 0 radical (unpaired) electrons. The lowest BCUT2D eigenvalue weighted by molar-refractivity contribution is 0.132. The molecule has 1 aromatic rings. The van der Waals surface area contributed by atoms with Gasteiger partial charge in [0.25, 0.3) is 0 Å². The van der Waals surface area contributed by atoms with Gasteiger partial charge >= 0.3 is 0 Å². The van der Waals surface area contributed by atoms with E-state index in [2.05, 4.69) is 5.32 Å². The zero-order valence-corrected chi connectivity index (χ0v) is 10.8. The Hall–Kier alpha value is -0.890. The van der Waals surface area contributed by atoms with Crippen molar-refractivity contribution < 1.29 is 4.39 Å². The normalized spacial score (nSPS) is 21.1. The van der Waals surface area contributed by atoms with Gasteiger partial charge in [-0.25, -0.2) is 4.39 Å². The summed E-state index contributed by atoms with van der Waals surface area (Å²) in [7, 11) is 0. The van der Waals surface area contributed by atoms with Gasteiger partial charge in [-0.2, -0.15) is 0 Å². The third kappa shape index (κ3) is 3.29. The highest BCUT2D eigenvalue weighted by Crippen LogP contribution is 2.35. The van der Waals surface area contributed by atoms with Crippen molar-refractivity contribution in [2.75, 3.05) is 13.1 Å². The summed E-state index contributed by atoms with van der Waals surface area (Å²) in [6.07, 6.45) is 2.86. The highest BCUT2D eigenvalue weighted by atomic mass is 19.1. The van der Waals surface area contributed by atoms with E-state index in [-0.39, 0.29) is 0 Å². The standard InChI is InChI=1S/C15H22FN/c1-12-4-3-5-14(10-12)15(2,16)11-13-6-8-17-9-7-13/h3-5,10,13,17H,6-9,11H2,1-2H3. The van der Waals surface area contributed by atoms with Crippen LogP contribution < -0.4 is 5.32 Å². The van der Waals surface area contributed by atoms with E-state index in [4.69, 9.17) is 0 Å². The number of alkyl halides is 1. The van der Waals surface area contributed by atoms with Crippen molar-refractivity contribution >= 4 is 0 Å². The molecule has 1 atom stereocenters. The first-order valence-corrected chi connectivity index (χ1v) is 6.55. The number of benzene rings is 1. The SMILES string of the molecule is Cc1cccc(C(C)(F)CC2CCNCC2)c1. The molecule has 0 spiro atoms. The number of nitrogens with one attached hydrogen (secondary N) is 1. The summed E-state index contributed by atoms with van der Waals surface area (Å²) >= 11 is 0. The third-order valence-electron chi connectivity index (χ3n) is 3.75. The quantitative estimate of drug-likeness (QED) is 0.844. The molecule has 1 heterocycles. The molecule has 0 bridgehead atoms. The fourth-order valence-electron chi connectivity index (χ4n) is 2.72. The maximum atomic E-state index is 14.8. The number of halogens is 1. The molecule has 1 aromatic carbocycles. The molecule has 1 saturated heterocycles. The zero-order chi connectivity index (χ0) is 12.3.